The lowest BCUT2D eigenvalue weighted by molar-refractivity contribution is -0.137. The van der Waals surface area contributed by atoms with E-state index >= 15 is 0 Å². The van der Waals surface area contributed by atoms with Gasteiger partial charge in [0.1, 0.15) is 0 Å². The van der Waals surface area contributed by atoms with Crippen LogP contribution in [0.2, 0.25) is 0 Å². The fourth-order valence-electron chi connectivity index (χ4n) is 1.83. The molecule has 0 saturated heterocycles. The van der Waals surface area contributed by atoms with E-state index in [-0.39, 0.29) is 11.6 Å². The number of halogens is 3. The van der Waals surface area contributed by atoms with Crippen molar-refractivity contribution in [3.8, 4) is 0 Å². The number of hydrogen-bond acceptors (Lipinski definition) is 5. The summed E-state index contributed by atoms with van der Waals surface area (Å²) in [6.45, 7) is 4.96. The highest BCUT2D eigenvalue weighted by atomic mass is 19.4. The van der Waals surface area contributed by atoms with Crippen LogP contribution in [0.25, 0.3) is 0 Å². The van der Waals surface area contributed by atoms with Crippen LogP contribution in [0.4, 0.5) is 30.6 Å². The highest BCUT2D eigenvalue weighted by molar-refractivity contribution is 5.55. The first-order valence-electron chi connectivity index (χ1n) is 7.22. The minimum absolute atomic E-state index is 0.138. The monoisotopic (exact) mass is 325 g/mol. The number of benzene rings is 1. The number of rotatable bonds is 6. The first-order valence-corrected chi connectivity index (χ1v) is 7.22. The van der Waals surface area contributed by atoms with Crippen molar-refractivity contribution in [3.05, 3.63) is 36.0 Å². The van der Waals surface area contributed by atoms with Crippen LogP contribution in [-0.2, 0) is 6.18 Å². The van der Waals surface area contributed by atoms with Crippen molar-refractivity contribution in [1.82, 2.24) is 15.2 Å². The number of nitrogens with one attached hydrogen (secondary N) is 2. The fourth-order valence-corrected chi connectivity index (χ4v) is 1.83. The van der Waals surface area contributed by atoms with Gasteiger partial charge in [0.25, 0.3) is 0 Å². The normalized spacial score (nSPS) is 11.6. The lowest BCUT2D eigenvalue weighted by Crippen LogP contribution is -2.09. The zero-order valence-electron chi connectivity index (χ0n) is 12.9. The van der Waals surface area contributed by atoms with E-state index in [1.807, 2.05) is 0 Å². The maximum absolute atomic E-state index is 12.7. The first-order chi connectivity index (χ1) is 10.8. The van der Waals surface area contributed by atoms with Gasteiger partial charge in [-0.25, -0.2) is 0 Å². The maximum atomic E-state index is 12.7. The van der Waals surface area contributed by atoms with E-state index in [9.17, 15) is 13.2 Å². The molecule has 0 unspecified atom stereocenters. The van der Waals surface area contributed by atoms with E-state index in [0.29, 0.717) is 11.7 Å². The summed E-state index contributed by atoms with van der Waals surface area (Å²) in [4.78, 5) is 4.18. The van der Waals surface area contributed by atoms with Gasteiger partial charge in [0.2, 0.25) is 5.95 Å². The molecule has 5 nitrogen and oxygen atoms in total. The third kappa shape index (κ3) is 5.39. The summed E-state index contributed by atoms with van der Waals surface area (Å²) in [6.07, 6.45) is -1.95. The molecule has 2 N–H and O–H groups in total. The van der Waals surface area contributed by atoms with Crippen LogP contribution in [-0.4, -0.2) is 21.7 Å². The minimum atomic E-state index is -4.39. The second kappa shape index (κ2) is 7.26. The number of alkyl halides is 3. The molecule has 0 aliphatic rings. The molecule has 1 aromatic carbocycles. The Balaban J connectivity index is 2.06. The molecule has 0 bridgehead atoms. The highest BCUT2D eigenvalue weighted by Crippen LogP contribution is 2.31. The summed E-state index contributed by atoms with van der Waals surface area (Å²) in [5.41, 5.74) is -0.484. The van der Waals surface area contributed by atoms with Crippen LogP contribution in [0.5, 0.6) is 0 Å². The lowest BCUT2D eigenvalue weighted by Gasteiger charge is -2.10. The second-order valence-corrected chi connectivity index (χ2v) is 5.48. The summed E-state index contributed by atoms with van der Waals surface area (Å²) in [5.74, 6) is 1.22. The van der Waals surface area contributed by atoms with Crippen molar-refractivity contribution in [1.29, 1.82) is 0 Å². The molecular formula is C15H18F3N5. The minimum Gasteiger partial charge on any atom is -0.369 e. The van der Waals surface area contributed by atoms with E-state index in [0.717, 1.165) is 25.1 Å². The van der Waals surface area contributed by atoms with Crippen LogP contribution < -0.4 is 10.6 Å². The smallest absolute Gasteiger partial charge is 0.369 e. The highest BCUT2D eigenvalue weighted by Gasteiger charge is 2.30. The van der Waals surface area contributed by atoms with Crippen molar-refractivity contribution < 1.29 is 13.2 Å². The molecule has 1 aromatic heterocycles. The molecule has 124 valence electrons. The Morgan fingerprint density at radius 3 is 2.70 bits per heavy atom. The predicted octanol–water partition coefficient (Wildman–Crippen LogP) is 4.09. The summed E-state index contributed by atoms with van der Waals surface area (Å²) in [5, 5.41) is 13.4. The van der Waals surface area contributed by atoms with Crippen LogP contribution >= 0.6 is 0 Å². The molecule has 0 amide bonds. The van der Waals surface area contributed by atoms with Gasteiger partial charge in [-0.05, 0) is 30.5 Å². The molecule has 0 saturated carbocycles. The average molecular weight is 325 g/mol. The molecule has 2 aromatic rings. The summed E-state index contributed by atoms with van der Waals surface area (Å²) < 4.78 is 38.1. The van der Waals surface area contributed by atoms with Gasteiger partial charge in [0.05, 0.1) is 11.8 Å². The van der Waals surface area contributed by atoms with Crippen molar-refractivity contribution in [2.75, 3.05) is 17.2 Å². The Bertz CT molecular complexity index is 643. The predicted molar refractivity (Wildman–Crippen MR) is 82.5 cm³/mol. The zero-order chi connectivity index (χ0) is 16.9. The van der Waals surface area contributed by atoms with Crippen molar-refractivity contribution in [2.24, 2.45) is 5.92 Å². The third-order valence-electron chi connectivity index (χ3n) is 3.03. The van der Waals surface area contributed by atoms with Gasteiger partial charge in [-0.1, -0.05) is 19.9 Å². The molecule has 0 spiro atoms. The standard InChI is InChI=1S/C15H18F3N5/c1-10(2)6-7-19-13-9-20-23-14(22-13)21-12-5-3-4-11(8-12)15(16,17)18/h3-5,8-10H,6-7H2,1-2H3,(H2,19,21,22,23). The number of hydrogen-bond donors (Lipinski definition) is 2. The summed E-state index contributed by atoms with van der Waals surface area (Å²) in [7, 11) is 0. The molecular weight excluding hydrogens is 307 g/mol. The Morgan fingerprint density at radius 1 is 1.22 bits per heavy atom. The van der Waals surface area contributed by atoms with E-state index in [1.54, 1.807) is 0 Å². The Labute approximate surface area is 132 Å². The van der Waals surface area contributed by atoms with Crippen LogP contribution in [0, 0.1) is 5.92 Å². The molecule has 0 fully saturated rings. The average Bonchev–Trinajstić information content (AvgIpc) is 2.47. The Kier molecular flexibility index (Phi) is 5.36. The largest absolute Gasteiger partial charge is 0.416 e. The molecule has 1 heterocycles. The van der Waals surface area contributed by atoms with Gasteiger partial charge in [-0.3, -0.25) is 0 Å². The maximum Gasteiger partial charge on any atom is 0.416 e. The number of nitrogens with zero attached hydrogens (tertiary/aromatic N) is 3. The molecule has 0 aliphatic carbocycles. The van der Waals surface area contributed by atoms with Gasteiger partial charge in [0, 0.05) is 12.2 Å². The van der Waals surface area contributed by atoms with Crippen molar-refractivity contribution >= 4 is 17.5 Å². The van der Waals surface area contributed by atoms with E-state index in [2.05, 4.69) is 39.7 Å². The van der Waals surface area contributed by atoms with Crippen LogP contribution in [0.3, 0.4) is 0 Å². The third-order valence-corrected chi connectivity index (χ3v) is 3.03. The SMILES string of the molecule is CC(C)CCNc1cnnc(Nc2cccc(C(F)(F)F)c2)n1. The van der Waals surface area contributed by atoms with Gasteiger partial charge in [0.15, 0.2) is 5.82 Å². The van der Waals surface area contributed by atoms with Crippen LogP contribution in [0.15, 0.2) is 30.5 Å². The van der Waals surface area contributed by atoms with E-state index in [1.165, 1.54) is 18.3 Å². The molecule has 2 rings (SSSR count). The van der Waals surface area contributed by atoms with Gasteiger partial charge < -0.3 is 10.6 Å². The zero-order valence-corrected chi connectivity index (χ0v) is 12.9. The van der Waals surface area contributed by atoms with Crippen molar-refractivity contribution in [3.63, 3.8) is 0 Å². The number of aromatic nitrogens is 3. The topological polar surface area (TPSA) is 62.7 Å². The second-order valence-electron chi connectivity index (χ2n) is 5.48. The molecule has 23 heavy (non-hydrogen) atoms. The molecule has 8 heteroatoms. The van der Waals surface area contributed by atoms with Gasteiger partial charge in [-0.15, -0.1) is 5.10 Å². The Hall–Kier alpha value is -2.38. The van der Waals surface area contributed by atoms with Crippen LogP contribution in [0.1, 0.15) is 25.8 Å². The van der Waals surface area contributed by atoms with Gasteiger partial charge >= 0.3 is 6.18 Å². The summed E-state index contributed by atoms with van der Waals surface area (Å²) >= 11 is 0. The summed E-state index contributed by atoms with van der Waals surface area (Å²) in [6, 6.07) is 4.84. The van der Waals surface area contributed by atoms with Gasteiger partial charge in [-0.2, -0.15) is 23.3 Å². The lowest BCUT2D eigenvalue weighted by atomic mass is 10.1. The van der Waals surface area contributed by atoms with E-state index < -0.39 is 11.7 Å². The molecule has 0 atom stereocenters. The number of anilines is 3. The fraction of sp³-hybridized carbons (Fsp3) is 0.400. The van der Waals surface area contributed by atoms with E-state index in [4.69, 9.17) is 0 Å². The van der Waals surface area contributed by atoms with Crippen molar-refractivity contribution in [2.45, 2.75) is 26.4 Å². The Morgan fingerprint density at radius 2 is 2.00 bits per heavy atom. The molecule has 0 aliphatic heterocycles. The molecule has 0 radical (unpaired) electrons. The quantitative estimate of drug-likeness (QED) is 0.837. The first kappa shape index (κ1) is 17.0.